The van der Waals surface area contributed by atoms with Gasteiger partial charge in [0, 0.05) is 13.1 Å². The van der Waals surface area contributed by atoms with Crippen molar-refractivity contribution in [1.29, 1.82) is 0 Å². The quantitative estimate of drug-likeness (QED) is 0.816. The Hall–Kier alpha value is -1.54. The molecule has 122 valence electrons. The summed E-state index contributed by atoms with van der Waals surface area (Å²) < 4.78 is 50.6. The molecule has 1 heterocycles. The van der Waals surface area contributed by atoms with Crippen molar-refractivity contribution in [3.8, 4) is 0 Å². The maximum atomic E-state index is 12.8. The van der Waals surface area contributed by atoms with E-state index in [-0.39, 0.29) is 23.9 Å². The molecule has 1 unspecified atom stereocenters. The van der Waals surface area contributed by atoms with E-state index in [2.05, 4.69) is 4.72 Å². The average molecular weight is 332 g/mol. The predicted molar refractivity (Wildman–Crippen MR) is 77.7 cm³/mol. The molecule has 2 rings (SSSR count). The summed E-state index contributed by atoms with van der Waals surface area (Å²) in [7, 11) is -3.65. The molecule has 8 heteroatoms. The minimum absolute atomic E-state index is 0.0878. The molecule has 22 heavy (non-hydrogen) atoms. The van der Waals surface area contributed by atoms with E-state index < -0.39 is 22.7 Å². The van der Waals surface area contributed by atoms with Crippen molar-refractivity contribution in [3.63, 3.8) is 0 Å². The summed E-state index contributed by atoms with van der Waals surface area (Å²) in [5.41, 5.74) is 0.774. The maximum absolute atomic E-state index is 12.8. The van der Waals surface area contributed by atoms with Gasteiger partial charge in [-0.15, -0.1) is 0 Å². The van der Waals surface area contributed by atoms with Gasteiger partial charge in [0.25, 0.3) is 0 Å². The van der Waals surface area contributed by atoms with Gasteiger partial charge in [-0.1, -0.05) is 12.1 Å². The van der Waals surface area contributed by atoms with E-state index in [4.69, 9.17) is 0 Å². The first kappa shape index (κ1) is 16.8. The van der Waals surface area contributed by atoms with Crippen LogP contribution in [0.5, 0.6) is 0 Å². The number of nitrogens with one attached hydrogen (secondary N) is 1. The zero-order valence-corrected chi connectivity index (χ0v) is 12.8. The Morgan fingerprint density at radius 1 is 1.27 bits per heavy atom. The molecule has 1 N–H and O–H groups in total. The van der Waals surface area contributed by atoms with Gasteiger partial charge in [0.05, 0.1) is 12.4 Å². The zero-order valence-electron chi connectivity index (χ0n) is 12.0. The fourth-order valence-corrected chi connectivity index (χ4v) is 3.59. The topological polar surface area (TPSA) is 66.5 Å². The number of alkyl halides is 1. The van der Waals surface area contributed by atoms with Crippen LogP contribution in [0.1, 0.15) is 18.4 Å². The van der Waals surface area contributed by atoms with E-state index >= 15 is 0 Å². The van der Waals surface area contributed by atoms with Crippen molar-refractivity contribution in [1.82, 2.24) is 9.62 Å². The van der Waals surface area contributed by atoms with E-state index in [9.17, 15) is 22.0 Å². The van der Waals surface area contributed by atoms with Crippen LogP contribution in [-0.4, -0.2) is 44.2 Å². The molecular weight excluding hydrogens is 314 g/mol. The Kier molecular flexibility index (Phi) is 5.47. The van der Waals surface area contributed by atoms with Crippen molar-refractivity contribution in [3.05, 3.63) is 35.6 Å². The van der Waals surface area contributed by atoms with Gasteiger partial charge in [-0.05, 0) is 30.5 Å². The number of rotatable bonds is 7. The number of benzene rings is 1. The lowest BCUT2D eigenvalue weighted by atomic mass is 10.2. The first-order chi connectivity index (χ1) is 10.4. The molecule has 0 aromatic heterocycles. The van der Waals surface area contributed by atoms with Crippen molar-refractivity contribution in [2.75, 3.05) is 19.0 Å². The number of halogens is 2. The van der Waals surface area contributed by atoms with E-state index in [1.54, 1.807) is 12.1 Å². The van der Waals surface area contributed by atoms with Gasteiger partial charge >= 0.3 is 0 Å². The first-order valence-electron chi connectivity index (χ1n) is 7.00. The highest BCUT2D eigenvalue weighted by Gasteiger charge is 2.34. The van der Waals surface area contributed by atoms with Gasteiger partial charge in [0.15, 0.2) is 0 Å². The van der Waals surface area contributed by atoms with E-state index in [0.717, 1.165) is 5.56 Å². The third-order valence-electron chi connectivity index (χ3n) is 3.45. The van der Waals surface area contributed by atoms with Crippen LogP contribution in [-0.2, 0) is 21.4 Å². The Balaban J connectivity index is 1.93. The van der Waals surface area contributed by atoms with Gasteiger partial charge in [0.1, 0.15) is 11.9 Å². The highest BCUT2D eigenvalue weighted by molar-refractivity contribution is 7.89. The van der Waals surface area contributed by atoms with Gasteiger partial charge in [-0.2, -0.15) is 0 Å². The highest BCUT2D eigenvalue weighted by Crippen LogP contribution is 2.16. The molecule has 1 fully saturated rings. The lowest BCUT2D eigenvalue weighted by molar-refractivity contribution is -0.129. The van der Waals surface area contributed by atoms with Crippen LogP contribution in [0.4, 0.5) is 8.78 Å². The van der Waals surface area contributed by atoms with Gasteiger partial charge < -0.3 is 4.90 Å². The van der Waals surface area contributed by atoms with Crippen LogP contribution < -0.4 is 4.72 Å². The molecule has 1 atom stereocenters. The number of sulfonamides is 1. The van der Waals surface area contributed by atoms with Crippen LogP contribution in [0, 0.1) is 5.82 Å². The third-order valence-corrected chi connectivity index (χ3v) is 4.92. The summed E-state index contributed by atoms with van der Waals surface area (Å²) in [6.45, 7) is 0.0184. The number of amides is 1. The lowest BCUT2D eigenvalue weighted by Gasteiger charge is -2.17. The van der Waals surface area contributed by atoms with Crippen molar-refractivity contribution in [2.24, 2.45) is 0 Å². The van der Waals surface area contributed by atoms with Gasteiger partial charge in [-0.25, -0.2) is 17.5 Å². The maximum Gasteiger partial charge on any atom is 0.241 e. The molecule has 0 radical (unpaired) electrons. The summed E-state index contributed by atoms with van der Waals surface area (Å²) in [6.07, 6.45) is 0.282. The molecular formula is C14H18F2N2O3S. The van der Waals surface area contributed by atoms with Gasteiger partial charge in [0.2, 0.25) is 15.9 Å². The Labute approximate surface area is 128 Å². The zero-order chi connectivity index (χ0) is 16.2. The van der Waals surface area contributed by atoms with Crippen LogP contribution in [0.25, 0.3) is 0 Å². The van der Waals surface area contributed by atoms with Gasteiger partial charge in [-0.3, -0.25) is 9.18 Å². The number of hydrogen-bond donors (Lipinski definition) is 1. The number of likely N-dealkylation sites (tertiary alicyclic amines) is 1. The summed E-state index contributed by atoms with van der Waals surface area (Å²) in [5, 5.41) is 0. The fraction of sp³-hybridized carbons (Fsp3) is 0.500. The SMILES string of the molecule is O=C1C(NS(=O)(=O)CCCF)CCN1Cc1ccc(F)cc1. The Morgan fingerprint density at radius 3 is 2.59 bits per heavy atom. The minimum atomic E-state index is -3.65. The molecule has 1 saturated heterocycles. The predicted octanol–water partition coefficient (Wildman–Crippen LogP) is 1.21. The molecule has 0 bridgehead atoms. The summed E-state index contributed by atoms with van der Waals surface area (Å²) in [4.78, 5) is 13.7. The Bertz CT molecular complexity index is 619. The monoisotopic (exact) mass is 332 g/mol. The summed E-state index contributed by atoms with van der Waals surface area (Å²) in [5.74, 6) is -0.992. The number of carbonyl (C=O) groups is 1. The molecule has 1 aromatic rings. The number of nitrogens with zero attached hydrogens (tertiary/aromatic N) is 1. The standard InChI is InChI=1S/C14H18F2N2O3S/c15-7-1-9-22(20,21)17-13-6-8-18(14(13)19)10-11-2-4-12(16)5-3-11/h2-5,13,17H,1,6-10H2. The second kappa shape index (κ2) is 7.15. The largest absolute Gasteiger partial charge is 0.337 e. The van der Waals surface area contributed by atoms with Crippen molar-refractivity contribution in [2.45, 2.75) is 25.4 Å². The average Bonchev–Trinajstić information content (AvgIpc) is 2.80. The Morgan fingerprint density at radius 2 is 1.95 bits per heavy atom. The third kappa shape index (κ3) is 4.48. The molecule has 0 saturated carbocycles. The summed E-state index contributed by atoms with van der Waals surface area (Å²) >= 11 is 0. The van der Waals surface area contributed by atoms with E-state index in [1.165, 1.54) is 17.0 Å². The van der Waals surface area contributed by atoms with Crippen LogP contribution in [0.3, 0.4) is 0 Å². The second-order valence-corrected chi connectivity index (χ2v) is 7.08. The van der Waals surface area contributed by atoms with Crippen LogP contribution in [0.2, 0.25) is 0 Å². The second-order valence-electron chi connectivity index (χ2n) is 5.21. The highest BCUT2D eigenvalue weighted by atomic mass is 32.2. The molecule has 1 aromatic carbocycles. The fourth-order valence-electron chi connectivity index (χ4n) is 2.34. The normalized spacial score (nSPS) is 18.9. The molecule has 1 aliphatic heterocycles. The minimum Gasteiger partial charge on any atom is -0.337 e. The van der Waals surface area contributed by atoms with Crippen LogP contribution >= 0.6 is 0 Å². The van der Waals surface area contributed by atoms with Crippen molar-refractivity contribution < 1.29 is 22.0 Å². The number of hydrogen-bond acceptors (Lipinski definition) is 3. The molecule has 5 nitrogen and oxygen atoms in total. The summed E-state index contributed by atoms with van der Waals surface area (Å²) in [6, 6.07) is 4.99. The van der Waals surface area contributed by atoms with Crippen LogP contribution in [0.15, 0.2) is 24.3 Å². The van der Waals surface area contributed by atoms with Crippen molar-refractivity contribution >= 4 is 15.9 Å². The first-order valence-corrected chi connectivity index (χ1v) is 8.66. The molecule has 0 spiro atoms. The van der Waals surface area contributed by atoms with E-state index in [1.807, 2.05) is 0 Å². The molecule has 1 amide bonds. The molecule has 0 aliphatic carbocycles. The lowest BCUT2D eigenvalue weighted by Crippen LogP contribution is -2.42. The molecule has 1 aliphatic rings. The van der Waals surface area contributed by atoms with E-state index in [0.29, 0.717) is 19.5 Å². The smallest absolute Gasteiger partial charge is 0.241 e. The number of carbonyl (C=O) groups excluding carboxylic acids is 1.